The summed E-state index contributed by atoms with van der Waals surface area (Å²) in [5, 5.41) is 8.28. The molecule has 2 fully saturated rings. The second-order valence-electron chi connectivity index (χ2n) is 15.3. The largest absolute Gasteiger partial charge is 0.469 e. The smallest absolute Gasteiger partial charge is 0.410 e. The lowest BCUT2D eigenvalue weighted by atomic mass is 9.93. The fourth-order valence-electron chi connectivity index (χ4n) is 7.58. The molecule has 11 nitrogen and oxygen atoms in total. The van der Waals surface area contributed by atoms with Crippen LogP contribution in [0.1, 0.15) is 80.6 Å². The lowest BCUT2D eigenvalue weighted by Crippen LogP contribution is -2.50. The number of hydrogen-bond acceptors (Lipinski definition) is 9. The molecular formula is C39H55N7O4. The number of nitrogens with one attached hydrogen (secondary N) is 1. The Morgan fingerprint density at radius 3 is 2.52 bits per heavy atom. The van der Waals surface area contributed by atoms with Crippen molar-refractivity contribution in [1.29, 1.82) is 0 Å². The zero-order valence-corrected chi connectivity index (χ0v) is 30.8. The molecule has 3 aromatic rings. The number of esters is 1. The molecule has 50 heavy (non-hydrogen) atoms. The molecule has 2 atom stereocenters. The number of fused-ring (bicyclic) bond motifs is 1. The van der Waals surface area contributed by atoms with Gasteiger partial charge in [-0.15, -0.1) is 0 Å². The van der Waals surface area contributed by atoms with Crippen molar-refractivity contribution >= 4 is 23.6 Å². The van der Waals surface area contributed by atoms with E-state index < -0.39 is 5.60 Å². The molecule has 3 aliphatic rings. The third kappa shape index (κ3) is 8.96. The maximum atomic E-state index is 12.9. The molecule has 11 heteroatoms. The fraction of sp³-hybridized carbons (Fsp3) is 0.590. The van der Waals surface area contributed by atoms with Crippen molar-refractivity contribution in [1.82, 2.24) is 24.6 Å². The number of likely N-dealkylation sites (tertiary alicyclic amines) is 1. The van der Waals surface area contributed by atoms with Gasteiger partial charge in [-0.05, 0) is 121 Å². The molecule has 2 saturated heterocycles. The van der Waals surface area contributed by atoms with Crippen molar-refractivity contribution in [2.45, 2.75) is 84.7 Å². The first kappa shape index (κ1) is 35.7. The highest BCUT2D eigenvalue weighted by Crippen LogP contribution is 2.33. The average Bonchev–Trinajstić information content (AvgIpc) is 3.70. The Kier molecular flexibility index (Phi) is 11.0. The van der Waals surface area contributed by atoms with Gasteiger partial charge in [-0.1, -0.05) is 6.07 Å². The first-order valence-electron chi connectivity index (χ1n) is 18.4. The van der Waals surface area contributed by atoms with E-state index in [1.54, 1.807) is 4.90 Å². The number of rotatable bonds is 10. The summed E-state index contributed by atoms with van der Waals surface area (Å²) in [6.45, 7) is 16.1. The quantitative estimate of drug-likeness (QED) is 0.261. The van der Waals surface area contributed by atoms with Gasteiger partial charge < -0.3 is 29.5 Å². The van der Waals surface area contributed by atoms with Crippen molar-refractivity contribution in [3.63, 3.8) is 0 Å². The van der Waals surface area contributed by atoms with Crippen LogP contribution in [0.15, 0.2) is 36.4 Å². The monoisotopic (exact) mass is 685 g/mol. The second-order valence-corrected chi connectivity index (χ2v) is 15.3. The Morgan fingerprint density at radius 2 is 1.80 bits per heavy atom. The number of carbonyl (C=O) groups is 2. The summed E-state index contributed by atoms with van der Waals surface area (Å²) in [4.78, 5) is 37.2. The molecule has 3 aliphatic heterocycles. The van der Waals surface area contributed by atoms with Gasteiger partial charge in [0, 0.05) is 68.8 Å². The Balaban J connectivity index is 1.18. The highest BCUT2D eigenvalue weighted by molar-refractivity contribution is 5.71. The zero-order valence-electron chi connectivity index (χ0n) is 30.8. The molecule has 0 unspecified atom stereocenters. The van der Waals surface area contributed by atoms with Gasteiger partial charge in [0.2, 0.25) is 0 Å². The number of ether oxygens (including phenoxy) is 2. The molecule has 5 heterocycles. The van der Waals surface area contributed by atoms with E-state index in [9.17, 15) is 9.59 Å². The van der Waals surface area contributed by atoms with Gasteiger partial charge in [0.1, 0.15) is 11.4 Å². The molecule has 2 aromatic heterocycles. The van der Waals surface area contributed by atoms with Gasteiger partial charge >= 0.3 is 12.1 Å². The van der Waals surface area contributed by atoms with Crippen molar-refractivity contribution in [3.8, 4) is 5.69 Å². The maximum Gasteiger partial charge on any atom is 0.410 e. The summed E-state index contributed by atoms with van der Waals surface area (Å²) in [7, 11) is 1.47. The Morgan fingerprint density at radius 1 is 1.02 bits per heavy atom. The third-order valence-electron chi connectivity index (χ3n) is 10.2. The van der Waals surface area contributed by atoms with Gasteiger partial charge in [-0.3, -0.25) is 4.79 Å². The molecule has 1 N–H and O–H groups in total. The number of nitrogens with zero attached hydrogens (tertiary/aromatic N) is 6. The number of aryl methyl sites for hydroxylation is 4. The fourth-order valence-corrected chi connectivity index (χ4v) is 7.58. The summed E-state index contributed by atoms with van der Waals surface area (Å²) >= 11 is 0. The van der Waals surface area contributed by atoms with Crippen molar-refractivity contribution < 1.29 is 19.1 Å². The Hall–Kier alpha value is -4.12. The molecule has 6 rings (SSSR count). The molecule has 0 bridgehead atoms. The predicted molar refractivity (Wildman–Crippen MR) is 196 cm³/mol. The topological polar surface area (TPSA) is 105 Å². The van der Waals surface area contributed by atoms with Crippen molar-refractivity contribution in [3.05, 3.63) is 64.6 Å². The minimum atomic E-state index is -0.530. The van der Waals surface area contributed by atoms with E-state index in [1.807, 2.05) is 32.4 Å². The van der Waals surface area contributed by atoms with Gasteiger partial charge in [0.15, 0.2) is 0 Å². The standard InChI is InChI=1S/C39H55N7O4/c1-27-20-28(2)46(42-27)35-22-31(21-34(24-35)44-16-18-45(19-17-44)38(48)50-39(3,4)5)32(23-36(47)49-6)26-43-15-13-29(25-43)9-11-33-12-10-30-8-7-14-40-37(30)41-33/h10,12,20-22,24,29,32H,7-9,11,13-19,23,25-26H2,1-6H3,(H,40,41)/t29-,32-/m1/s1. The van der Waals surface area contributed by atoms with E-state index in [0.717, 1.165) is 86.0 Å². The van der Waals surface area contributed by atoms with Crippen LogP contribution >= 0.6 is 0 Å². The van der Waals surface area contributed by atoms with E-state index in [-0.39, 0.29) is 18.0 Å². The van der Waals surface area contributed by atoms with Crippen LogP contribution in [0.5, 0.6) is 0 Å². The van der Waals surface area contributed by atoms with Crippen LogP contribution in [-0.4, -0.2) is 102 Å². The first-order chi connectivity index (χ1) is 23.9. The van der Waals surface area contributed by atoms with Gasteiger partial charge in [0.25, 0.3) is 0 Å². The SMILES string of the molecule is COC(=O)C[C@H](CN1CC[C@@H](CCc2ccc3c(n2)NCCC3)C1)c1cc(N2CCN(C(=O)OC(C)(C)C)CC2)cc(-n2nc(C)cc2C)c1. The highest BCUT2D eigenvalue weighted by atomic mass is 16.6. The number of piperazine rings is 1. The summed E-state index contributed by atoms with van der Waals surface area (Å²) in [5.74, 6) is 1.41. The number of methoxy groups -OCH3 is 1. The zero-order chi connectivity index (χ0) is 35.4. The Bertz CT molecular complexity index is 1660. The summed E-state index contributed by atoms with van der Waals surface area (Å²) in [6, 6.07) is 13.1. The van der Waals surface area contributed by atoms with Crippen LogP contribution in [0, 0.1) is 19.8 Å². The second kappa shape index (κ2) is 15.4. The van der Waals surface area contributed by atoms with E-state index in [2.05, 4.69) is 58.4 Å². The van der Waals surface area contributed by atoms with E-state index in [0.29, 0.717) is 38.5 Å². The highest BCUT2D eigenvalue weighted by Gasteiger charge is 2.30. The number of aromatic nitrogens is 3. The summed E-state index contributed by atoms with van der Waals surface area (Å²) in [6.07, 6.45) is 5.54. The molecule has 1 amide bonds. The molecule has 0 spiro atoms. The van der Waals surface area contributed by atoms with Crippen LogP contribution in [0.3, 0.4) is 0 Å². The number of pyridine rings is 1. The molecule has 0 saturated carbocycles. The average molecular weight is 686 g/mol. The number of amides is 1. The number of carbonyl (C=O) groups excluding carboxylic acids is 2. The van der Waals surface area contributed by atoms with Crippen LogP contribution in [0.2, 0.25) is 0 Å². The lowest BCUT2D eigenvalue weighted by molar-refractivity contribution is -0.141. The van der Waals surface area contributed by atoms with E-state index >= 15 is 0 Å². The normalized spacial score (nSPS) is 18.8. The first-order valence-corrected chi connectivity index (χ1v) is 18.4. The predicted octanol–water partition coefficient (Wildman–Crippen LogP) is 5.90. The van der Waals surface area contributed by atoms with Crippen molar-refractivity contribution in [2.24, 2.45) is 5.92 Å². The Labute approximate surface area is 297 Å². The van der Waals surface area contributed by atoms with Crippen LogP contribution in [0.4, 0.5) is 16.3 Å². The third-order valence-corrected chi connectivity index (χ3v) is 10.2. The summed E-state index contributed by atoms with van der Waals surface area (Å²) in [5.41, 5.74) is 7.11. The minimum Gasteiger partial charge on any atom is -0.469 e. The molecule has 0 aliphatic carbocycles. The number of benzene rings is 1. The van der Waals surface area contributed by atoms with E-state index in [1.165, 1.54) is 24.8 Å². The number of hydrogen-bond donors (Lipinski definition) is 1. The maximum absolute atomic E-state index is 12.9. The minimum absolute atomic E-state index is 0.0479. The molecule has 270 valence electrons. The van der Waals surface area contributed by atoms with Gasteiger partial charge in [0.05, 0.1) is 24.9 Å². The van der Waals surface area contributed by atoms with Crippen LogP contribution in [0.25, 0.3) is 5.69 Å². The lowest BCUT2D eigenvalue weighted by Gasteiger charge is -2.37. The van der Waals surface area contributed by atoms with Gasteiger partial charge in [-0.2, -0.15) is 5.10 Å². The number of anilines is 2. The summed E-state index contributed by atoms with van der Waals surface area (Å²) < 4.78 is 12.9. The molecule has 1 aromatic carbocycles. The molecular weight excluding hydrogens is 630 g/mol. The van der Waals surface area contributed by atoms with Gasteiger partial charge in [-0.25, -0.2) is 14.5 Å². The van der Waals surface area contributed by atoms with Crippen molar-refractivity contribution in [2.75, 3.05) is 69.7 Å². The van der Waals surface area contributed by atoms with Crippen LogP contribution in [-0.2, 0) is 27.1 Å². The van der Waals surface area contributed by atoms with E-state index in [4.69, 9.17) is 19.6 Å². The molecule has 0 radical (unpaired) electrons. The van der Waals surface area contributed by atoms with Crippen LogP contribution < -0.4 is 10.2 Å².